The number of benzene rings is 1. The van der Waals surface area contributed by atoms with Crippen LogP contribution in [0.1, 0.15) is 19.3 Å². The number of nitrogens with two attached hydrogens (primary N) is 1. The normalized spacial score (nSPS) is 24.1. The summed E-state index contributed by atoms with van der Waals surface area (Å²) in [4.78, 5) is 4.29. The van der Waals surface area contributed by atoms with Crippen molar-refractivity contribution in [3.63, 3.8) is 0 Å². The third-order valence-corrected chi connectivity index (χ3v) is 5.51. The third-order valence-electron chi connectivity index (χ3n) is 4.52. The number of rotatable bonds is 3. The van der Waals surface area contributed by atoms with E-state index < -0.39 is 11.6 Å². The summed E-state index contributed by atoms with van der Waals surface area (Å²) in [6.07, 6.45) is 3.76. The van der Waals surface area contributed by atoms with E-state index in [1.165, 1.54) is 30.8 Å². The van der Waals surface area contributed by atoms with Gasteiger partial charge in [-0.25, -0.2) is 8.78 Å². The number of hydrogen-bond acceptors (Lipinski definition) is 2. The van der Waals surface area contributed by atoms with Crippen molar-refractivity contribution < 1.29 is 8.78 Å². The lowest BCUT2D eigenvalue weighted by molar-refractivity contribution is 0.422. The second-order valence-electron chi connectivity index (χ2n) is 5.85. The summed E-state index contributed by atoms with van der Waals surface area (Å²) in [7, 11) is 0. The summed E-state index contributed by atoms with van der Waals surface area (Å²) >= 11 is 2.02. The fraction of sp³-hybridized carbons (Fsp3) is 0.533. The quantitative estimate of drug-likeness (QED) is 0.665. The van der Waals surface area contributed by atoms with Crippen molar-refractivity contribution in [2.45, 2.75) is 19.3 Å². The predicted octanol–water partition coefficient (Wildman–Crippen LogP) is 3.22. The van der Waals surface area contributed by atoms with Gasteiger partial charge in [-0.15, -0.1) is 0 Å². The Morgan fingerprint density at radius 3 is 2.90 bits per heavy atom. The second-order valence-corrected chi connectivity index (χ2v) is 7.08. The van der Waals surface area contributed by atoms with Gasteiger partial charge >= 0.3 is 0 Å². The van der Waals surface area contributed by atoms with Crippen molar-refractivity contribution >= 4 is 23.4 Å². The van der Waals surface area contributed by atoms with Crippen molar-refractivity contribution in [3.05, 3.63) is 29.8 Å². The number of halogens is 2. The first-order chi connectivity index (χ1) is 10.1. The third kappa shape index (κ3) is 3.31. The number of nitrogens with zero attached hydrogens (tertiary/aromatic N) is 1. The molecule has 1 saturated heterocycles. The summed E-state index contributed by atoms with van der Waals surface area (Å²) in [5.74, 6) is 2.17. The van der Waals surface area contributed by atoms with Gasteiger partial charge in [-0.3, -0.25) is 4.99 Å². The van der Waals surface area contributed by atoms with Crippen LogP contribution in [0.3, 0.4) is 0 Å². The van der Waals surface area contributed by atoms with Crippen LogP contribution in [0.5, 0.6) is 0 Å². The molecule has 0 aromatic heterocycles. The van der Waals surface area contributed by atoms with Crippen LogP contribution >= 0.6 is 11.8 Å². The number of guanidine groups is 1. The summed E-state index contributed by atoms with van der Waals surface area (Å²) in [6, 6.07) is 3.22. The number of aliphatic imine (C=N–C) groups is 1. The summed E-state index contributed by atoms with van der Waals surface area (Å²) in [5, 5.41) is 2.63. The van der Waals surface area contributed by atoms with Crippen LogP contribution in [0.4, 0.5) is 14.5 Å². The fourth-order valence-electron chi connectivity index (χ4n) is 3.06. The molecule has 1 heterocycles. The van der Waals surface area contributed by atoms with Gasteiger partial charge in [0, 0.05) is 12.6 Å². The smallest absolute Gasteiger partial charge is 0.193 e. The molecule has 3 rings (SSSR count). The van der Waals surface area contributed by atoms with Crippen LogP contribution < -0.4 is 11.1 Å². The molecule has 1 atom stereocenters. The van der Waals surface area contributed by atoms with Gasteiger partial charge in [0.25, 0.3) is 0 Å². The first-order valence-electron chi connectivity index (χ1n) is 7.19. The molecule has 1 aliphatic heterocycles. The lowest BCUT2D eigenvalue weighted by atomic mass is 9.96. The highest BCUT2D eigenvalue weighted by Gasteiger charge is 2.53. The molecule has 1 aromatic carbocycles. The maximum atomic E-state index is 13.5. The SMILES string of the molecule is NC(=NCC1CC12CCSCC2)Nc1cc(F)ccc1F. The predicted molar refractivity (Wildman–Crippen MR) is 83.6 cm³/mol. The van der Waals surface area contributed by atoms with Gasteiger partial charge in [-0.1, -0.05) is 0 Å². The van der Waals surface area contributed by atoms with E-state index in [2.05, 4.69) is 10.3 Å². The molecule has 0 bridgehead atoms. The first-order valence-corrected chi connectivity index (χ1v) is 8.34. The lowest BCUT2D eigenvalue weighted by Gasteiger charge is -2.21. The maximum absolute atomic E-state index is 13.5. The Balaban J connectivity index is 1.56. The van der Waals surface area contributed by atoms with Gasteiger partial charge in [0.2, 0.25) is 0 Å². The molecular weight excluding hydrogens is 292 g/mol. The highest BCUT2D eigenvalue weighted by atomic mass is 32.2. The fourth-order valence-corrected chi connectivity index (χ4v) is 4.37. The van der Waals surface area contributed by atoms with Crippen molar-refractivity contribution in [2.24, 2.45) is 22.1 Å². The Morgan fingerprint density at radius 1 is 1.38 bits per heavy atom. The number of thioether (sulfide) groups is 1. The zero-order chi connectivity index (χ0) is 14.9. The average Bonchev–Trinajstić information content (AvgIpc) is 3.13. The molecule has 1 saturated carbocycles. The van der Waals surface area contributed by atoms with E-state index in [-0.39, 0.29) is 11.6 Å². The molecule has 3 N–H and O–H groups in total. The van der Waals surface area contributed by atoms with Crippen molar-refractivity contribution in [3.8, 4) is 0 Å². The molecule has 21 heavy (non-hydrogen) atoms. The van der Waals surface area contributed by atoms with Crippen molar-refractivity contribution in [1.29, 1.82) is 0 Å². The van der Waals surface area contributed by atoms with Crippen LogP contribution in [0.2, 0.25) is 0 Å². The highest BCUT2D eigenvalue weighted by Crippen LogP contribution is 2.60. The van der Waals surface area contributed by atoms with Crippen molar-refractivity contribution in [1.82, 2.24) is 0 Å². The van der Waals surface area contributed by atoms with E-state index in [9.17, 15) is 8.78 Å². The Kier molecular flexibility index (Phi) is 4.06. The molecular formula is C15H19F2N3S. The summed E-state index contributed by atoms with van der Waals surface area (Å²) in [5.41, 5.74) is 6.27. The van der Waals surface area contributed by atoms with E-state index >= 15 is 0 Å². The molecule has 0 radical (unpaired) electrons. The zero-order valence-corrected chi connectivity index (χ0v) is 12.6. The van der Waals surface area contributed by atoms with E-state index in [0.717, 1.165) is 18.2 Å². The van der Waals surface area contributed by atoms with Gasteiger partial charge in [0.1, 0.15) is 11.6 Å². The van der Waals surface area contributed by atoms with Crippen LogP contribution in [0, 0.1) is 23.0 Å². The maximum Gasteiger partial charge on any atom is 0.193 e. The first kappa shape index (κ1) is 14.6. The molecule has 1 aromatic rings. The monoisotopic (exact) mass is 311 g/mol. The molecule has 6 heteroatoms. The number of nitrogens with one attached hydrogen (secondary N) is 1. The minimum Gasteiger partial charge on any atom is -0.370 e. The Bertz CT molecular complexity index is 556. The van der Waals surface area contributed by atoms with Crippen LogP contribution in [0.15, 0.2) is 23.2 Å². The Morgan fingerprint density at radius 2 is 2.14 bits per heavy atom. The molecule has 114 valence electrons. The van der Waals surface area contributed by atoms with E-state index in [1.54, 1.807) is 0 Å². The van der Waals surface area contributed by atoms with Crippen LogP contribution in [-0.4, -0.2) is 24.0 Å². The minimum absolute atomic E-state index is 0.0239. The zero-order valence-electron chi connectivity index (χ0n) is 11.7. The number of anilines is 1. The highest BCUT2D eigenvalue weighted by molar-refractivity contribution is 7.99. The summed E-state index contributed by atoms with van der Waals surface area (Å²) < 4.78 is 26.6. The molecule has 1 spiro atoms. The van der Waals surface area contributed by atoms with Gasteiger partial charge < -0.3 is 11.1 Å². The van der Waals surface area contributed by atoms with Crippen molar-refractivity contribution in [2.75, 3.05) is 23.4 Å². The largest absolute Gasteiger partial charge is 0.370 e. The molecule has 2 aliphatic rings. The average molecular weight is 311 g/mol. The molecule has 1 unspecified atom stereocenters. The molecule has 0 amide bonds. The topological polar surface area (TPSA) is 50.4 Å². The second kappa shape index (κ2) is 5.83. The van der Waals surface area contributed by atoms with Gasteiger partial charge in [0.05, 0.1) is 5.69 Å². The van der Waals surface area contributed by atoms with E-state index in [0.29, 0.717) is 17.9 Å². The molecule has 2 fully saturated rings. The Hall–Kier alpha value is -1.30. The molecule has 3 nitrogen and oxygen atoms in total. The van der Waals surface area contributed by atoms with Crippen LogP contribution in [0.25, 0.3) is 0 Å². The van der Waals surface area contributed by atoms with E-state index in [1.807, 2.05) is 11.8 Å². The van der Waals surface area contributed by atoms with Crippen LogP contribution in [-0.2, 0) is 0 Å². The van der Waals surface area contributed by atoms with Gasteiger partial charge in [0.15, 0.2) is 5.96 Å². The Labute approximate surface area is 127 Å². The molecule has 1 aliphatic carbocycles. The van der Waals surface area contributed by atoms with Gasteiger partial charge in [-0.05, 0) is 54.2 Å². The number of hydrogen-bond donors (Lipinski definition) is 2. The van der Waals surface area contributed by atoms with E-state index in [4.69, 9.17) is 5.73 Å². The summed E-state index contributed by atoms with van der Waals surface area (Å²) in [6.45, 7) is 0.667. The standard InChI is InChI=1S/C15H19F2N3S/c16-11-1-2-12(17)13(7-11)20-14(18)19-9-10-8-15(10)3-5-21-6-4-15/h1-2,7,10H,3-6,8-9H2,(H3,18,19,20). The van der Waals surface area contributed by atoms with Gasteiger partial charge in [-0.2, -0.15) is 11.8 Å². The minimum atomic E-state index is -0.540. The lowest BCUT2D eigenvalue weighted by Crippen LogP contribution is -2.24.